The van der Waals surface area contributed by atoms with Gasteiger partial charge >= 0.3 is 0 Å². The molecule has 0 fully saturated rings. The van der Waals surface area contributed by atoms with Gasteiger partial charge in [-0.3, -0.25) is 9.89 Å². The van der Waals surface area contributed by atoms with E-state index in [0.717, 1.165) is 10.9 Å². The molecule has 5 nitrogen and oxygen atoms in total. The molecule has 102 valence electrons. The number of fused-ring (bicyclic) bond motifs is 1. The molecule has 1 aromatic heterocycles. The van der Waals surface area contributed by atoms with Crippen molar-refractivity contribution < 1.29 is 9.53 Å². The van der Waals surface area contributed by atoms with Crippen LogP contribution in [0.3, 0.4) is 0 Å². The quantitative estimate of drug-likeness (QED) is 0.810. The molecule has 0 aliphatic rings. The third kappa shape index (κ3) is 3.12. The Kier molecular flexibility index (Phi) is 4.52. The third-order valence-corrected chi connectivity index (χ3v) is 3.07. The van der Waals surface area contributed by atoms with E-state index >= 15 is 0 Å². The van der Waals surface area contributed by atoms with Crippen LogP contribution in [0.25, 0.3) is 10.9 Å². The number of ether oxygens (including phenoxy) is 1. The molecule has 0 aliphatic heterocycles. The molecule has 0 radical (unpaired) electrons. The topological polar surface area (TPSA) is 58.2 Å². The summed E-state index contributed by atoms with van der Waals surface area (Å²) < 4.78 is 5.30. The van der Waals surface area contributed by atoms with Crippen LogP contribution >= 0.6 is 0 Å². The highest BCUT2D eigenvalue weighted by Gasteiger charge is 2.14. The fraction of sp³-hybridized carbons (Fsp3) is 0.429. The lowest BCUT2D eigenvalue weighted by atomic mass is 10.1. The summed E-state index contributed by atoms with van der Waals surface area (Å²) in [5, 5.41) is 7.84. The number of hydrogen-bond donors (Lipinski definition) is 1. The van der Waals surface area contributed by atoms with Crippen molar-refractivity contribution in [3.05, 3.63) is 30.0 Å². The van der Waals surface area contributed by atoms with Crippen LogP contribution in [0.2, 0.25) is 0 Å². The van der Waals surface area contributed by atoms with Crippen molar-refractivity contribution >= 4 is 16.8 Å². The summed E-state index contributed by atoms with van der Waals surface area (Å²) in [6.07, 6.45) is 1.75. The molecule has 1 heterocycles. The van der Waals surface area contributed by atoms with Crippen molar-refractivity contribution in [3.63, 3.8) is 0 Å². The first kappa shape index (κ1) is 13.5. The SMILES string of the molecule is CCOCCN(CC)C(=O)c1ccc2cn[nH]c2c1. The number of H-pyrrole nitrogens is 1. The zero-order chi connectivity index (χ0) is 13.7. The molecule has 0 unspecified atom stereocenters. The first-order valence-electron chi connectivity index (χ1n) is 6.56. The minimum absolute atomic E-state index is 0.0266. The molecule has 0 bridgehead atoms. The van der Waals surface area contributed by atoms with E-state index in [-0.39, 0.29) is 5.91 Å². The first-order valence-corrected chi connectivity index (χ1v) is 6.56. The minimum atomic E-state index is 0.0266. The van der Waals surface area contributed by atoms with Gasteiger partial charge in [0.15, 0.2) is 0 Å². The van der Waals surface area contributed by atoms with E-state index < -0.39 is 0 Å². The second kappa shape index (κ2) is 6.33. The number of hydrogen-bond acceptors (Lipinski definition) is 3. The smallest absolute Gasteiger partial charge is 0.253 e. The summed E-state index contributed by atoms with van der Waals surface area (Å²) >= 11 is 0. The van der Waals surface area contributed by atoms with E-state index in [9.17, 15) is 4.79 Å². The summed E-state index contributed by atoms with van der Waals surface area (Å²) in [5.41, 5.74) is 1.56. The molecule has 0 aliphatic carbocycles. The van der Waals surface area contributed by atoms with Crippen molar-refractivity contribution in [1.29, 1.82) is 0 Å². The van der Waals surface area contributed by atoms with Gasteiger partial charge in [-0.05, 0) is 26.0 Å². The number of carbonyl (C=O) groups excluding carboxylic acids is 1. The number of aromatic amines is 1. The van der Waals surface area contributed by atoms with Crippen LogP contribution in [0.1, 0.15) is 24.2 Å². The minimum Gasteiger partial charge on any atom is -0.380 e. The molecule has 1 aromatic carbocycles. The Bertz CT molecular complexity index is 550. The Balaban J connectivity index is 2.11. The summed E-state index contributed by atoms with van der Waals surface area (Å²) in [6.45, 7) is 6.45. The van der Waals surface area contributed by atoms with Gasteiger partial charge in [-0.1, -0.05) is 6.07 Å². The summed E-state index contributed by atoms with van der Waals surface area (Å²) in [5.74, 6) is 0.0266. The van der Waals surface area contributed by atoms with E-state index in [1.165, 1.54) is 0 Å². The number of amides is 1. The van der Waals surface area contributed by atoms with E-state index in [1.54, 1.807) is 11.1 Å². The molecule has 19 heavy (non-hydrogen) atoms. The fourth-order valence-electron chi connectivity index (χ4n) is 1.97. The number of benzene rings is 1. The Morgan fingerprint density at radius 1 is 1.42 bits per heavy atom. The number of aromatic nitrogens is 2. The molecule has 1 amide bonds. The highest BCUT2D eigenvalue weighted by molar-refractivity contribution is 5.97. The van der Waals surface area contributed by atoms with Gasteiger partial charge in [-0.15, -0.1) is 0 Å². The van der Waals surface area contributed by atoms with Crippen LogP contribution in [-0.4, -0.2) is 47.3 Å². The molecule has 2 rings (SSSR count). The zero-order valence-corrected chi connectivity index (χ0v) is 11.3. The fourth-order valence-corrected chi connectivity index (χ4v) is 1.97. The molecule has 0 saturated heterocycles. The Hall–Kier alpha value is -1.88. The van der Waals surface area contributed by atoms with Crippen molar-refractivity contribution in [2.45, 2.75) is 13.8 Å². The second-order valence-electron chi connectivity index (χ2n) is 4.25. The summed E-state index contributed by atoms with van der Waals surface area (Å²) in [7, 11) is 0. The van der Waals surface area contributed by atoms with Gasteiger partial charge in [0, 0.05) is 30.6 Å². The summed E-state index contributed by atoms with van der Waals surface area (Å²) in [4.78, 5) is 14.2. The lowest BCUT2D eigenvalue weighted by Gasteiger charge is -2.20. The average Bonchev–Trinajstić information content (AvgIpc) is 2.90. The van der Waals surface area contributed by atoms with E-state index in [0.29, 0.717) is 31.9 Å². The highest BCUT2D eigenvalue weighted by atomic mass is 16.5. The maximum atomic E-state index is 12.4. The molecule has 0 atom stereocenters. The van der Waals surface area contributed by atoms with Crippen LogP contribution in [0.15, 0.2) is 24.4 Å². The van der Waals surface area contributed by atoms with E-state index in [1.807, 2.05) is 32.0 Å². The largest absolute Gasteiger partial charge is 0.380 e. The number of carbonyl (C=O) groups is 1. The van der Waals surface area contributed by atoms with Crippen LogP contribution in [0.5, 0.6) is 0 Å². The zero-order valence-electron chi connectivity index (χ0n) is 11.3. The lowest BCUT2D eigenvalue weighted by molar-refractivity contribution is 0.0669. The number of likely N-dealkylation sites (N-methyl/N-ethyl adjacent to an activating group) is 1. The molecule has 1 N–H and O–H groups in total. The Morgan fingerprint density at radius 3 is 3.00 bits per heavy atom. The number of nitrogens with zero attached hydrogens (tertiary/aromatic N) is 2. The van der Waals surface area contributed by atoms with Crippen LogP contribution in [0, 0.1) is 0 Å². The van der Waals surface area contributed by atoms with Crippen LogP contribution in [0.4, 0.5) is 0 Å². The highest BCUT2D eigenvalue weighted by Crippen LogP contribution is 2.14. The monoisotopic (exact) mass is 261 g/mol. The Labute approximate surface area is 112 Å². The van der Waals surface area contributed by atoms with Gasteiger partial charge in [0.2, 0.25) is 0 Å². The molecule has 2 aromatic rings. The normalized spacial score (nSPS) is 10.8. The summed E-state index contributed by atoms with van der Waals surface area (Å²) in [6, 6.07) is 5.58. The maximum Gasteiger partial charge on any atom is 0.253 e. The lowest BCUT2D eigenvalue weighted by Crippen LogP contribution is -2.33. The second-order valence-corrected chi connectivity index (χ2v) is 4.25. The first-order chi connectivity index (χ1) is 9.26. The van der Waals surface area contributed by atoms with Gasteiger partial charge in [0.1, 0.15) is 0 Å². The van der Waals surface area contributed by atoms with Gasteiger partial charge in [-0.2, -0.15) is 5.10 Å². The van der Waals surface area contributed by atoms with Crippen molar-refractivity contribution in [2.24, 2.45) is 0 Å². The molecular weight excluding hydrogens is 242 g/mol. The van der Waals surface area contributed by atoms with Gasteiger partial charge in [0.05, 0.1) is 18.3 Å². The van der Waals surface area contributed by atoms with Crippen LogP contribution < -0.4 is 0 Å². The van der Waals surface area contributed by atoms with Crippen molar-refractivity contribution in [2.75, 3.05) is 26.3 Å². The van der Waals surface area contributed by atoms with Crippen molar-refractivity contribution in [1.82, 2.24) is 15.1 Å². The Morgan fingerprint density at radius 2 is 2.26 bits per heavy atom. The van der Waals surface area contributed by atoms with Crippen molar-refractivity contribution in [3.8, 4) is 0 Å². The number of nitrogens with one attached hydrogen (secondary N) is 1. The third-order valence-electron chi connectivity index (χ3n) is 3.07. The van der Waals surface area contributed by atoms with Gasteiger partial charge < -0.3 is 9.64 Å². The van der Waals surface area contributed by atoms with E-state index in [4.69, 9.17) is 4.74 Å². The number of rotatable bonds is 6. The maximum absolute atomic E-state index is 12.4. The van der Waals surface area contributed by atoms with Crippen LogP contribution in [-0.2, 0) is 4.74 Å². The predicted molar refractivity (Wildman–Crippen MR) is 74.2 cm³/mol. The standard InChI is InChI=1S/C14H19N3O2/c1-3-17(7-8-19-4-2)14(18)11-5-6-12-10-15-16-13(12)9-11/h5-6,9-10H,3-4,7-8H2,1-2H3,(H,15,16). The molecule has 5 heteroatoms. The van der Waals surface area contributed by atoms with Gasteiger partial charge in [-0.25, -0.2) is 0 Å². The van der Waals surface area contributed by atoms with Gasteiger partial charge in [0.25, 0.3) is 5.91 Å². The van der Waals surface area contributed by atoms with E-state index in [2.05, 4.69) is 10.2 Å². The molecular formula is C14H19N3O2. The predicted octanol–water partition coefficient (Wildman–Crippen LogP) is 2.06. The molecule has 0 spiro atoms. The average molecular weight is 261 g/mol. The molecule has 0 saturated carbocycles.